The second-order valence-electron chi connectivity index (χ2n) is 3.19. The second-order valence-corrected chi connectivity index (χ2v) is 4.35. The van der Waals surface area contributed by atoms with Gasteiger partial charge in [0.05, 0.1) is 28.2 Å². The van der Waals surface area contributed by atoms with Crippen LogP contribution in [0.1, 0.15) is 32.5 Å². The molecule has 0 saturated carbocycles. The number of halogens is 3. The minimum atomic E-state index is -2.61. The fraction of sp³-hybridized carbons (Fsp3) is 0.667. The molecule has 3 nitrogen and oxygen atoms in total. The Morgan fingerprint density at radius 1 is 1.60 bits per heavy atom. The van der Waals surface area contributed by atoms with Gasteiger partial charge in [-0.2, -0.15) is 13.9 Å². The molecule has 0 amide bonds. The highest BCUT2D eigenvalue weighted by molar-refractivity contribution is 14.1. The standard InChI is InChI=1S/C9H13F2IN2O/c1-3-6(2)15-5-8-7(12)4-13-14(8)9(10)11/h4,6,9H,3,5H2,1-2H3/t6-/m0/s1. The fourth-order valence-electron chi connectivity index (χ4n) is 1.01. The maximum atomic E-state index is 12.5. The first-order chi connectivity index (χ1) is 7.06. The molecule has 86 valence electrons. The summed E-state index contributed by atoms with van der Waals surface area (Å²) in [7, 11) is 0. The van der Waals surface area contributed by atoms with Gasteiger partial charge in [-0.15, -0.1) is 0 Å². The normalized spacial score (nSPS) is 13.5. The van der Waals surface area contributed by atoms with Gasteiger partial charge in [-0.3, -0.25) is 0 Å². The van der Waals surface area contributed by atoms with Crippen LogP contribution in [0.5, 0.6) is 0 Å². The first kappa shape index (κ1) is 12.8. The van der Waals surface area contributed by atoms with Gasteiger partial charge >= 0.3 is 6.55 Å². The summed E-state index contributed by atoms with van der Waals surface area (Å²) >= 11 is 1.98. The van der Waals surface area contributed by atoms with Crippen LogP contribution < -0.4 is 0 Å². The highest BCUT2D eigenvalue weighted by Gasteiger charge is 2.16. The number of ether oxygens (including phenoxy) is 1. The maximum absolute atomic E-state index is 12.5. The highest BCUT2D eigenvalue weighted by atomic mass is 127. The Kier molecular flexibility index (Phi) is 4.91. The van der Waals surface area contributed by atoms with Crippen LogP contribution in [0.4, 0.5) is 8.78 Å². The Bertz CT molecular complexity index is 317. The van der Waals surface area contributed by atoms with Gasteiger partial charge in [-0.05, 0) is 35.9 Å². The summed E-state index contributed by atoms with van der Waals surface area (Å²) in [5, 5.41) is 3.60. The lowest BCUT2D eigenvalue weighted by atomic mass is 10.3. The summed E-state index contributed by atoms with van der Waals surface area (Å²) in [6.07, 6.45) is 2.35. The van der Waals surface area contributed by atoms with Gasteiger partial charge in [0.1, 0.15) is 0 Å². The molecule has 1 heterocycles. The van der Waals surface area contributed by atoms with E-state index in [0.717, 1.165) is 6.42 Å². The van der Waals surface area contributed by atoms with Gasteiger partial charge in [0.25, 0.3) is 0 Å². The summed E-state index contributed by atoms with van der Waals surface area (Å²) in [5.74, 6) is 0. The smallest absolute Gasteiger partial charge is 0.333 e. The Labute approximate surface area is 101 Å². The average Bonchev–Trinajstić information content (AvgIpc) is 2.56. The SMILES string of the molecule is CC[C@H](C)OCc1c(I)cnn1C(F)F. The van der Waals surface area contributed by atoms with E-state index < -0.39 is 6.55 Å². The molecular weight excluding hydrogens is 317 g/mol. The number of aromatic nitrogens is 2. The van der Waals surface area contributed by atoms with E-state index in [1.807, 2.05) is 36.4 Å². The first-order valence-corrected chi connectivity index (χ1v) is 5.75. The third-order valence-corrected chi connectivity index (χ3v) is 3.01. The van der Waals surface area contributed by atoms with E-state index in [1.54, 1.807) is 0 Å². The van der Waals surface area contributed by atoms with E-state index in [1.165, 1.54) is 6.20 Å². The van der Waals surface area contributed by atoms with Gasteiger partial charge in [0, 0.05) is 0 Å². The lowest BCUT2D eigenvalue weighted by Crippen LogP contribution is -2.12. The quantitative estimate of drug-likeness (QED) is 0.776. The van der Waals surface area contributed by atoms with Crippen molar-refractivity contribution in [3.63, 3.8) is 0 Å². The molecule has 0 aliphatic carbocycles. The zero-order valence-corrected chi connectivity index (χ0v) is 10.7. The van der Waals surface area contributed by atoms with Crippen molar-refractivity contribution in [1.29, 1.82) is 0 Å². The van der Waals surface area contributed by atoms with E-state index in [0.29, 0.717) is 13.9 Å². The Balaban J connectivity index is 2.70. The summed E-state index contributed by atoms with van der Waals surface area (Å²) in [4.78, 5) is 0. The molecule has 0 aliphatic heterocycles. The molecule has 0 saturated heterocycles. The van der Waals surface area contributed by atoms with Crippen molar-refractivity contribution in [2.24, 2.45) is 0 Å². The molecule has 1 aromatic rings. The van der Waals surface area contributed by atoms with E-state index in [-0.39, 0.29) is 12.7 Å². The Hall–Kier alpha value is -0.240. The van der Waals surface area contributed by atoms with Gasteiger partial charge in [0.15, 0.2) is 0 Å². The van der Waals surface area contributed by atoms with E-state index in [4.69, 9.17) is 4.74 Å². The largest absolute Gasteiger partial charge is 0.372 e. The van der Waals surface area contributed by atoms with Gasteiger partial charge in [-0.1, -0.05) is 6.92 Å². The van der Waals surface area contributed by atoms with Crippen LogP contribution in [0.3, 0.4) is 0 Å². The van der Waals surface area contributed by atoms with Gasteiger partial charge in [0.2, 0.25) is 0 Å². The molecular formula is C9H13F2IN2O. The molecule has 1 atom stereocenters. The molecule has 0 bridgehead atoms. The van der Waals surface area contributed by atoms with Crippen molar-refractivity contribution in [2.75, 3.05) is 0 Å². The summed E-state index contributed by atoms with van der Waals surface area (Å²) in [5.41, 5.74) is 0.436. The lowest BCUT2D eigenvalue weighted by Gasteiger charge is -2.12. The van der Waals surface area contributed by atoms with Crippen molar-refractivity contribution < 1.29 is 13.5 Å². The average molecular weight is 330 g/mol. The van der Waals surface area contributed by atoms with Crippen LogP contribution in [0.2, 0.25) is 0 Å². The number of nitrogens with zero attached hydrogens (tertiary/aromatic N) is 2. The van der Waals surface area contributed by atoms with E-state index in [9.17, 15) is 8.78 Å². The molecule has 0 unspecified atom stereocenters. The van der Waals surface area contributed by atoms with Crippen LogP contribution in [-0.4, -0.2) is 15.9 Å². The summed E-state index contributed by atoms with van der Waals surface area (Å²) < 4.78 is 31.8. The number of hydrogen-bond acceptors (Lipinski definition) is 2. The van der Waals surface area contributed by atoms with Gasteiger partial charge < -0.3 is 4.74 Å². The van der Waals surface area contributed by atoms with Crippen molar-refractivity contribution in [3.8, 4) is 0 Å². The third-order valence-electron chi connectivity index (χ3n) is 2.11. The number of rotatable bonds is 5. The van der Waals surface area contributed by atoms with Crippen molar-refractivity contribution in [2.45, 2.75) is 39.5 Å². The fourth-order valence-corrected chi connectivity index (χ4v) is 1.54. The summed E-state index contributed by atoms with van der Waals surface area (Å²) in [6, 6.07) is 0. The number of hydrogen-bond donors (Lipinski definition) is 0. The lowest BCUT2D eigenvalue weighted by molar-refractivity contribution is 0.0215. The molecule has 0 spiro atoms. The maximum Gasteiger partial charge on any atom is 0.333 e. The molecule has 0 fully saturated rings. The topological polar surface area (TPSA) is 27.1 Å². The molecule has 1 aromatic heterocycles. The zero-order valence-electron chi connectivity index (χ0n) is 8.58. The molecule has 6 heteroatoms. The monoisotopic (exact) mass is 330 g/mol. The minimum absolute atomic E-state index is 0.0711. The second kappa shape index (κ2) is 5.74. The molecule has 0 radical (unpaired) electrons. The molecule has 0 aliphatic rings. The molecule has 0 N–H and O–H groups in total. The molecule has 1 rings (SSSR count). The Morgan fingerprint density at radius 2 is 2.27 bits per heavy atom. The predicted molar refractivity (Wildman–Crippen MR) is 60.7 cm³/mol. The third kappa shape index (κ3) is 3.37. The van der Waals surface area contributed by atoms with Crippen LogP contribution >= 0.6 is 22.6 Å². The van der Waals surface area contributed by atoms with E-state index in [2.05, 4.69) is 5.10 Å². The highest BCUT2D eigenvalue weighted by Crippen LogP contribution is 2.19. The van der Waals surface area contributed by atoms with Crippen LogP contribution in [-0.2, 0) is 11.3 Å². The Morgan fingerprint density at radius 3 is 2.80 bits per heavy atom. The van der Waals surface area contributed by atoms with Gasteiger partial charge in [-0.25, -0.2) is 4.68 Å². The first-order valence-electron chi connectivity index (χ1n) is 4.67. The zero-order chi connectivity index (χ0) is 11.4. The van der Waals surface area contributed by atoms with Crippen molar-refractivity contribution in [3.05, 3.63) is 15.5 Å². The minimum Gasteiger partial charge on any atom is -0.372 e. The van der Waals surface area contributed by atoms with Crippen LogP contribution in [0, 0.1) is 3.57 Å². The van der Waals surface area contributed by atoms with E-state index >= 15 is 0 Å². The van der Waals surface area contributed by atoms with Crippen LogP contribution in [0.15, 0.2) is 6.20 Å². The summed E-state index contributed by atoms with van der Waals surface area (Å²) in [6.45, 7) is 1.47. The molecule has 0 aromatic carbocycles. The van der Waals surface area contributed by atoms with Crippen molar-refractivity contribution in [1.82, 2.24) is 9.78 Å². The predicted octanol–water partition coefficient (Wildman–Crippen LogP) is 3.20. The number of alkyl halides is 2. The van der Waals surface area contributed by atoms with Crippen LogP contribution in [0.25, 0.3) is 0 Å². The van der Waals surface area contributed by atoms with Crippen molar-refractivity contribution >= 4 is 22.6 Å². The molecule has 15 heavy (non-hydrogen) atoms.